The second-order valence-corrected chi connectivity index (χ2v) is 15.0. The van der Waals surface area contributed by atoms with E-state index in [9.17, 15) is 25.2 Å². The zero-order chi connectivity index (χ0) is 38.4. The summed E-state index contributed by atoms with van der Waals surface area (Å²) < 4.78 is 71.6. The Labute approximate surface area is 340 Å². The number of halogens is 6. The van der Waals surface area contributed by atoms with Crippen LogP contribution in [0.25, 0.3) is 0 Å². The average molecular weight is 784 g/mol. The van der Waals surface area contributed by atoms with Gasteiger partial charge in [0, 0.05) is 56.1 Å². The topological polar surface area (TPSA) is 111 Å². The molecule has 0 aliphatic heterocycles. The van der Waals surface area contributed by atoms with Crippen molar-refractivity contribution >= 4 is 7.81 Å². The summed E-state index contributed by atoms with van der Waals surface area (Å²) >= 11 is 0. The van der Waals surface area contributed by atoms with Crippen LogP contribution >= 0.6 is 7.81 Å². The number of aryl methyl sites for hydroxylation is 12. The summed E-state index contributed by atoms with van der Waals surface area (Å²) in [5.74, 6) is 0. The summed E-state index contributed by atoms with van der Waals surface area (Å²) in [6, 6.07) is 12.7. The monoisotopic (exact) mass is 783 g/mol. The molecular weight excluding hydrogens is 736 g/mol. The van der Waals surface area contributed by atoms with Gasteiger partial charge in [-0.05, 0) is 80.5 Å². The van der Waals surface area contributed by atoms with Gasteiger partial charge in [-0.3, -0.25) is 0 Å². The van der Waals surface area contributed by atoms with Gasteiger partial charge >= 0.3 is 90.7 Å². The number of hydrogen-bond acceptors (Lipinski definition) is 3. The van der Waals surface area contributed by atoms with E-state index >= 15 is 0 Å². The number of hydrogen-bond donors (Lipinski definition) is 0. The van der Waals surface area contributed by atoms with Crippen LogP contribution in [0.5, 0.6) is 0 Å². The molecule has 0 saturated heterocycles. The minimum absolute atomic E-state index is 0. The van der Waals surface area contributed by atoms with Crippen molar-refractivity contribution in [3.8, 4) is 0 Å². The normalized spacial score (nSPS) is 12.9. The zero-order valence-corrected chi connectivity index (χ0v) is 35.9. The summed E-state index contributed by atoms with van der Waals surface area (Å²) in [4.78, 5) is 0. The van der Waals surface area contributed by atoms with Crippen molar-refractivity contribution in [3.63, 3.8) is 0 Å². The Morgan fingerprint density at radius 3 is 0.808 bits per heavy atom. The van der Waals surface area contributed by atoms with Crippen LogP contribution in [0.4, 0.5) is 25.2 Å². The molecule has 6 heterocycles. The van der Waals surface area contributed by atoms with E-state index < -0.39 is 7.81 Å². The summed E-state index contributed by atoms with van der Waals surface area (Å²) in [5.41, 5.74) is 13.2. The molecule has 0 atom stereocenters. The minimum Gasteiger partial charge on any atom is 1.00 e. The Balaban J connectivity index is 0.000000234. The Hall–Kier alpha value is -3.09. The molecule has 0 aromatic carbocycles. The third kappa shape index (κ3) is 11.5. The van der Waals surface area contributed by atoms with Gasteiger partial charge in [-0.25, -0.2) is 14.0 Å². The van der Waals surface area contributed by atoms with Crippen LogP contribution in [-0.2, 0) is 0 Å². The van der Waals surface area contributed by atoms with Crippen molar-refractivity contribution < 1.29 is 91.9 Å². The second kappa shape index (κ2) is 15.0. The van der Waals surface area contributed by atoms with Gasteiger partial charge in [0.1, 0.15) is 0 Å². The van der Waals surface area contributed by atoms with Crippen molar-refractivity contribution in [1.29, 1.82) is 0 Å². The molecule has 6 aromatic rings. The van der Waals surface area contributed by atoms with Gasteiger partial charge in [0.2, 0.25) is 23.4 Å². The summed E-state index contributed by atoms with van der Waals surface area (Å²) in [6.45, 7) is 24.8. The molecule has 0 fully saturated rings. The van der Waals surface area contributed by atoms with Gasteiger partial charge in [0.15, 0.2) is 0 Å². The summed E-state index contributed by atoms with van der Waals surface area (Å²) in [7, 11) is -10.7. The maximum Gasteiger partial charge on any atom is 1.00 e. The van der Waals surface area contributed by atoms with Crippen molar-refractivity contribution in [2.45, 2.75) is 95.7 Å². The molecule has 0 bridgehead atoms. The molecule has 6 rings (SSSR count). The number of aromatic amines is 3. The number of nitrogens with one attached hydrogen (secondary N) is 3. The van der Waals surface area contributed by atoms with E-state index in [0.29, 0.717) is 0 Å². The van der Waals surface area contributed by atoms with Crippen molar-refractivity contribution in [2.24, 2.45) is 0 Å². The van der Waals surface area contributed by atoms with Crippen LogP contribution < -0.4 is 66.7 Å². The molecule has 3 N–H and O–H groups in total. The molecule has 12 nitrogen and oxygen atoms in total. The van der Waals surface area contributed by atoms with Gasteiger partial charge in [-0.2, -0.15) is 15.3 Å². The van der Waals surface area contributed by atoms with Crippen LogP contribution in [0.2, 0.25) is 0 Å². The third-order valence-electron chi connectivity index (χ3n) is 7.79. The molecule has 0 radical (unpaired) electrons. The van der Waals surface area contributed by atoms with Crippen LogP contribution in [0.1, 0.15) is 80.9 Å². The van der Waals surface area contributed by atoms with Crippen molar-refractivity contribution in [1.82, 2.24) is 43.4 Å². The predicted molar refractivity (Wildman–Crippen MR) is 180 cm³/mol. The number of rotatable bonds is 6. The molecule has 0 unspecified atom stereocenters. The first-order valence-corrected chi connectivity index (χ1v) is 18.1. The predicted octanol–water partition coefficient (Wildman–Crippen LogP) is 4.00. The Morgan fingerprint density at radius 1 is 0.423 bits per heavy atom. The fourth-order valence-corrected chi connectivity index (χ4v) is 6.10. The molecule has 6 aromatic heterocycles. The minimum atomic E-state index is -10.7. The molecule has 0 amide bonds. The van der Waals surface area contributed by atoms with E-state index in [1.807, 2.05) is 34.8 Å². The average Bonchev–Trinajstić information content (AvgIpc) is 3.77. The van der Waals surface area contributed by atoms with Crippen LogP contribution in [0, 0.1) is 83.1 Å². The first kappa shape index (κ1) is 43.3. The van der Waals surface area contributed by atoms with E-state index in [4.69, 9.17) is 0 Å². The van der Waals surface area contributed by atoms with E-state index in [1.54, 1.807) is 0 Å². The molecule has 0 aliphatic rings. The Bertz CT molecular complexity index is 1800. The second-order valence-electron chi connectivity index (χ2n) is 13.1. The molecule has 0 aliphatic carbocycles. The van der Waals surface area contributed by atoms with Crippen LogP contribution in [-0.4, -0.2) is 43.4 Å². The smallest absolute Gasteiger partial charge is 1.00 e. The van der Waals surface area contributed by atoms with Gasteiger partial charge in [-0.1, -0.05) is 0 Å². The summed E-state index contributed by atoms with van der Waals surface area (Å²) in [5, 5.41) is 24.3. The standard InChI is InChI=1S/2C16H22N6.F6P.K/c2*1-10-7-13(4)20(17-10)16(21-14(5)8-11(2)18-21)22-15(6)9-12(3)19-22;1-7(2,3,4,5)6;/h2*7-9,16H,1-6H3;;/q;;-1;+1/p+3. The van der Waals surface area contributed by atoms with Gasteiger partial charge in [-0.15, -0.1) is 29.3 Å². The van der Waals surface area contributed by atoms with E-state index in [-0.39, 0.29) is 64.0 Å². The van der Waals surface area contributed by atoms with E-state index in [2.05, 4.69) is 143 Å². The first-order valence-electron chi connectivity index (χ1n) is 16.1. The molecular formula is C32H47F6KN12P+3. The molecule has 0 saturated carbocycles. The third-order valence-corrected chi connectivity index (χ3v) is 7.79. The maximum atomic E-state index is 9.87. The maximum absolute atomic E-state index is 10.7. The molecule has 280 valence electrons. The SMILES string of the molecule is Cc1cc(C)n(C(n2[nH+]c(C)cc2C)n2[nH+]c(C)cc2C)[nH+]1.Cc1cc(C)n(C(n2nc(C)cc2C)n2nc(C)cc2C)n1.F[P-](F)(F)(F)(F)F.[K+]. The molecule has 0 spiro atoms. The van der Waals surface area contributed by atoms with E-state index in [0.717, 1.165) is 51.2 Å². The van der Waals surface area contributed by atoms with Gasteiger partial charge in [0.05, 0.1) is 34.2 Å². The quantitative estimate of drug-likeness (QED) is 0.145. The number of nitrogens with zero attached hydrogens (tertiary/aromatic N) is 9. The van der Waals surface area contributed by atoms with Gasteiger partial charge < -0.3 is 0 Å². The molecule has 52 heavy (non-hydrogen) atoms. The largest absolute Gasteiger partial charge is 1.00 e. The van der Waals surface area contributed by atoms with Crippen molar-refractivity contribution in [3.05, 3.63) is 105 Å². The molecule has 20 heteroatoms. The van der Waals surface area contributed by atoms with Crippen LogP contribution in [0.3, 0.4) is 0 Å². The Morgan fingerprint density at radius 2 is 0.654 bits per heavy atom. The fourth-order valence-electron chi connectivity index (χ4n) is 6.10. The van der Waals surface area contributed by atoms with Gasteiger partial charge in [0.25, 0.3) is 0 Å². The number of aromatic nitrogens is 12. The first-order chi connectivity index (χ1) is 23.2. The van der Waals surface area contributed by atoms with Crippen LogP contribution in [0.15, 0.2) is 36.4 Å². The Kier molecular flexibility index (Phi) is 12.5. The number of H-pyrrole nitrogens is 3. The fraction of sp³-hybridized carbons (Fsp3) is 0.438. The zero-order valence-electron chi connectivity index (χ0n) is 31.9. The van der Waals surface area contributed by atoms with E-state index in [1.165, 1.54) is 17.1 Å². The van der Waals surface area contributed by atoms with Crippen molar-refractivity contribution in [2.75, 3.05) is 0 Å². The summed E-state index contributed by atoms with van der Waals surface area (Å²) in [6.07, 6.45) is -0.285.